The lowest BCUT2D eigenvalue weighted by Gasteiger charge is -2.02. The Labute approximate surface area is 102 Å². The van der Waals surface area contributed by atoms with Crippen molar-refractivity contribution in [3.8, 4) is 5.75 Å². The topological polar surface area (TPSA) is 117 Å². The van der Waals surface area contributed by atoms with Crippen LogP contribution in [-0.2, 0) is 16.6 Å². The molecule has 1 aromatic heterocycles. The minimum Gasteiger partial charge on any atom is -0.503 e. The highest BCUT2D eigenvalue weighted by Gasteiger charge is 2.00. The molecule has 3 N–H and O–H groups in total. The van der Waals surface area contributed by atoms with Crippen molar-refractivity contribution < 1.29 is 24.9 Å². The maximum atomic E-state index is 10.7. The standard InChI is InChI=1S/C7H9NO2.C4H4O4/c1-5-7(10)6(9)3-4-8(5)2;5-3(6)1-2-4(7)8/h3-4,10H,1-2H3;1-2H,(H,5,6)(H,7,8)/b;2-1-. The van der Waals surface area contributed by atoms with Crippen LogP contribution in [-0.4, -0.2) is 31.8 Å². The Bertz CT molecular complexity index is 513. The molecule has 0 amide bonds. The van der Waals surface area contributed by atoms with Crippen LogP contribution < -0.4 is 5.43 Å². The largest absolute Gasteiger partial charge is 0.503 e. The second kappa shape index (κ2) is 6.89. The van der Waals surface area contributed by atoms with Gasteiger partial charge >= 0.3 is 11.9 Å². The van der Waals surface area contributed by atoms with E-state index in [1.807, 2.05) is 0 Å². The lowest BCUT2D eigenvalue weighted by Crippen LogP contribution is -2.06. The van der Waals surface area contributed by atoms with E-state index in [0.29, 0.717) is 17.8 Å². The van der Waals surface area contributed by atoms with Crippen LogP contribution in [0.4, 0.5) is 0 Å². The molecule has 0 unspecified atom stereocenters. The summed E-state index contributed by atoms with van der Waals surface area (Å²) in [6.45, 7) is 1.69. The number of aromatic nitrogens is 1. The molecule has 0 aromatic carbocycles. The van der Waals surface area contributed by atoms with Crippen LogP contribution in [0, 0.1) is 6.92 Å². The highest BCUT2D eigenvalue weighted by atomic mass is 16.4. The zero-order valence-electron chi connectivity index (χ0n) is 9.82. The Morgan fingerprint density at radius 3 is 2.00 bits per heavy atom. The van der Waals surface area contributed by atoms with Crippen LogP contribution in [0.5, 0.6) is 5.75 Å². The monoisotopic (exact) mass is 255 g/mol. The average Bonchev–Trinajstić information content (AvgIpc) is 2.30. The Kier molecular flexibility index (Phi) is 5.91. The molecule has 0 fully saturated rings. The number of carbonyl (C=O) groups is 2. The number of hydrogen-bond donors (Lipinski definition) is 3. The summed E-state index contributed by atoms with van der Waals surface area (Å²) < 4.78 is 1.69. The number of aliphatic carboxylic acids is 2. The molecule has 0 saturated heterocycles. The van der Waals surface area contributed by atoms with Gasteiger partial charge in [0.2, 0.25) is 5.43 Å². The molecular weight excluding hydrogens is 242 g/mol. The molecule has 0 aliphatic carbocycles. The SMILES string of the molecule is Cc1c(O)c(=O)ccn1C.O=C(O)/C=C\C(=O)O. The van der Waals surface area contributed by atoms with Gasteiger partial charge < -0.3 is 19.9 Å². The van der Waals surface area contributed by atoms with E-state index in [2.05, 4.69) is 0 Å². The van der Waals surface area contributed by atoms with Crippen molar-refractivity contribution in [3.05, 3.63) is 40.3 Å². The predicted octanol–water partition coefficient (Wildman–Crippen LogP) is 0.111. The number of hydrogen-bond acceptors (Lipinski definition) is 4. The van der Waals surface area contributed by atoms with Gasteiger partial charge in [0.05, 0.1) is 5.69 Å². The molecule has 0 radical (unpaired) electrons. The quantitative estimate of drug-likeness (QED) is 0.646. The van der Waals surface area contributed by atoms with E-state index in [1.165, 1.54) is 6.07 Å². The van der Waals surface area contributed by atoms with Gasteiger partial charge in [-0.2, -0.15) is 0 Å². The number of rotatable bonds is 2. The van der Waals surface area contributed by atoms with Crippen LogP contribution in [0.3, 0.4) is 0 Å². The molecule has 0 saturated carbocycles. The Morgan fingerprint density at radius 2 is 1.67 bits per heavy atom. The number of pyridine rings is 1. The summed E-state index contributed by atoms with van der Waals surface area (Å²) in [6, 6.07) is 1.34. The summed E-state index contributed by atoms with van der Waals surface area (Å²) in [5.74, 6) is -2.68. The van der Waals surface area contributed by atoms with Gasteiger partial charge in [-0.25, -0.2) is 9.59 Å². The molecule has 1 rings (SSSR count). The number of aryl methyl sites for hydroxylation is 1. The maximum Gasteiger partial charge on any atom is 0.328 e. The molecule has 0 bridgehead atoms. The maximum absolute atomic E-state index is 10.7. The summed E-state index contributed by atoms with van der Waals surface area (Å²) in [6.07, 6.45) is 2.74. The van der Waals surface area contributed by atoms with Crippen LogP contribution in [0.1, 0.15) is 5.69 Å². The first kappa shape index (κ1) is 15.4. The van der Waals surface area contributed by atoms with Gasteiger partial charge in [-0.1, -0.05) is 0 Å². The summed E-state index contributed by atoms with van der Waals surface area (Å²) in [5, 5.41) is 24.7. The Morgan fingerprint density at radius 1 is 1.22 bits per heavy atom. The molecule has 0 spiro atoms. The fraction of sp³-hybridized carbons (Fsp3) is 0.182. The molecule has 1 aromatic rings. The van der Waals surface area contributed by atoms with Crippen LogP contribution in [0.25, 0.3) is 0 Å². The highest BCUT2D eigenvalue weighted by molar-refractivity contribution is 5.89. The molecule has 7 nitrogen and oxygen atoms in total. The van der Waals surface area contributed by atoms with Gasteiger partial charge in [0.25, 0.3) is 0 Å². The van der Waals surface area contributed by atoms with E-state index in [4.69, 9.17) is 15.3 Å². The first-order chi connectivity index (χ1) is 8.25. The van der Waals surface area contributed by atoms with Crippen molar-refractivity contribution >= 4 is 11.9 Å². The van der Waals surface area contributed by atoms with Crippen LogP contribution in [0.15, 0.2) is 29.2 Å². The van der Waals surface area contributed by atoms with Crippen LogP contribution >= 0.6 is 0 Å². The van der Waals surface area contributed by atoms with Gasteiger partial charge in [0, 0.05) is 31.5 Å². The van der Waals surface area contributed by atoms with E-state index < -0.39 is 11.9 Å². The zero-order valence-corrected chi connectivity index (χ0v) is 9.82. The highest BCUT2D eigenvalue weighted by Crippen LogP contribution is 2.06. The van der Waals surface area contributed by atoms with E-state index in [9.17, 15) is 14.4 Å². The molecule has 0 aliphatic heterocycles. The van der Waals surface area contributed by atoms with Crippen molar-refractivity contribution in [1.29, 1.82) is 0 Å². The fourth-order valence-electron chi connectivity index (χ4n) is 0.858. The number of nitrogens with zero attached hydrogens (tertiary/aromatic N) is 1. The average molecular weight is 255 g/mol. The fourth-order valence-corrected chi connectivity index (χ4v) is 0.858. The zero-order chi connectivity index (χ0) is 14.3. The van der Waals surface area contributed by atoms with Crippen LogP contribution in [0.2, 0.25) is 0 Å². The Balaban J connectivity index is 0.000000331. The van der Waals surface area contributed by atoms with E-state index >= 15 is 0 Å². The Hall–Kier alpha value is -2.57. The molecule has 98 valence electrons. The van der Waals surface area contributed by atoms with E-state index in [-0.39, 0.29) is 11.2 Å². The van der Waals surface area contributed by atoms with Gasteiger partial charge in [-0.05, 0) is 6.92 Å². The summed E-state index contributed by atoms with van der Waals surface area (Å²) >= 11 is 0. The summed E-state index contributed by atoms with van der Waals surface area (Å²) in [4.78, 5) is 29.8. The normalized spacial score (nSPS) is 9.67. The number of aromatic hydroxyl groups is 1. The second-order valence-electron chi connectivity index (χ2n) is 3.23. The second-order valence-corrected chi connectivity index (χ2v) is 3.23. The molecular formula is C11H13NO6. The summed E-state index contributed by atoms with van der Waals surface area (Å²) in [7, 11) is 1.77. The first-order valence-electron chi connectivity index (χ1n) is 4.74. The first-order valence-corrected chi connectivity index (χ1v) is 4.74. The van der Waals surface area contributed by atoms with Crippen molar-refractivity contribution in [2.75, 3.05) is 0 Å². The molecule has 18 heavy (non-hydrogen) atoms. The van der Waals surface area contributed by atoms with Crippen molar-refractivity contribution in [1.82, 2.24) is 4.57 Å². The minimum absolute atomic E-state index is 0.162. The lowest BCUT2D eigenvalue weighted by molar-refractivity contribution is -0.134. The van der Waals surface area contributed by atoms with Crippen molar-refractivity contribution in [2.24, 2.45) is 7.05 Å². The predicted molar refractivity (Wildman–Crippen MR) is 62.5 cm³/mol. The van der Waals surface area contributed by atoms with E-state index in [0.717, 1.165) is 0 Å². The molecule has 0 atom stereocenters. The molecule has 1 heterocycles. The van der Waals surface area contributed by atoms with Crippen molar-refractivity contribution in [3.63, 3.8) is 0 Å². The molecule has 0 aliphatic rings. The minimum atomic E-state index is -1.26. The third kappa shape index (κ3) is 5.50. The summed E-state index contributed by atoms with van der Waals surface area (Å²) in [5.41, 5.74) is 0.267. The lowest BCUT2D eigenvalue weighted by atomic mass is 10.3. The van der Waals surface area contributed by atoms with Gasteiger partial charge in [0.1, 0.15) is 0 Å². The number of carboxylic acid groups (broad SMARTS) is 2. The van der Waals surface area contributed by atoms with Gasteiger partial charge in [-0.15, -0.1) is 0 Å². The smallest absolute Gasteiger partial charge is 0.328 e. The third-order valence-electron chi connectivity index (χ3n) is 1.92. The van der Waals surface area contributed by atoms with Gasteiger partial charge in [0.15, 0.2) is 5.75 Å². The molecule has 7 heteroatoms. The number of carboxylic acids is 2. The van der Waals surface area contributed by atoms with E-state index in [1.54, 1.807) is 24.7 Å². The van der Waals surface area contributed by atoms with Crippen molar-refractivity contribution in [2.45, 2.75) is 6.92 Å². The third-order valence-corrected chi connectivity index (χ3v) is 1.92. The van der Waals surface area contributed by atoms with Gasteiger partial charge in [-0.3, -0.25) is 4.79 Å².